The molecular formula is C15H17BrFNO2S. The van der Waals surface area contributed by atoms with E-state index in [0.717, 1.165) is 14.9 Å². The van der Waals surface area contributed by atoms with Crippen LogP contribution in [0.3, 0.4) is 0 Å². The number of halogens is 2. The van der Waals surface area contributed by atoms with E-state index in [1.165, 1.54) is 12.1 Å². The molecule has 1 N–H and O–H groups in total. The van der Waals surface area contributed by atoms with Crippen LogP contribution in [0.5, 0.6) is 5.75 Å². The molecule has 1 heterocycles. The Bertz CT molecular complexity index is 577. The number of hydrogen-bond acceptors (Lipinski definition) is 4. The Kier molecular flexibility index (Phi) is 6.63. The highest BCUT2D eigenvalue weighted by Crippen LogP contribution is 2.26. The third-order valence-corrected chi connectivity index (χ3v) is 4.77. The van der Waals surface area contributed by atoms with E-state index < -0.39 is 0 Å². The van der Waals surface area contributed by atoms with Crippen LogP contribution >= 0.6 is 27.3 Å². The first kappa shape index (κ1) is 16.4. The number of thiophene rings is 1. The predicted molar refractivity (Wildman–Crippen MR) is 86.3 cm³/mol. The summed E-state index contributed by atoms with van der Waals surface area (Å²) in [5.41, 5.74) is 0.804. The molecule has 0 aliphatic heterocycles. The summed E-state index contributed by atoms with van der Waals surface area (Å²) in [5, 5.41) is 5.20. The molecule has 0 aliphatic carbocycles. The van der Waals surface area contributed by atoms with Gasteiger partial charge in [-0.1, -0.05) is 0 Å². The fourth-order valence-corrected chi connectivity index (χ4v) is 3.17. The molecule has 0 bridgehead atoms. The molecule has 3 nitrogen and oxygen atoms in total. The van der Waals surface area contributed by atoms with E-state index in [9.17, 15) is 4.39 Å². The zero-order chi connectivity index (χ0) is 15.1. The molecule has 2 aromatic rings. The summed E-state index contributed by atoms with van der Waals surface area (Å²) in [7, 11) is 1.65. The number of nitrogens with one attached hydrogen (secondary N) is 1. The number of ether oxygens (including phenoxy) is 2. The van der Waals surface area contributed by atoms with Gasteiger partial charge in [0.2, 0.25) is 0 Å². The van der Waals surface area contributed by atoms with Crippen LogP contribution in [-0.4, -0.2) is 20.3 Å². The minimum atomic E-state index is -0.261. The Morgan fingerprint density at radius 2 is 2.19 bits per heavy atom. The van der Waals surface area contributed by atoms with Gasteiger partial charge in [-0.2, -0.15) is 0 Å². The van der Waals surface area contributed by atoms with Gasteiger partial charge in [0.15, 0.2) is 0 Å². The van der Waals surface area contributed by atoms with Crippen LogP contribution in [0.15, 0.2) is 34.1 Å². The lowest BCUT2D eigenvalue weighted by Gasteiger charge is -2.12. The second kappa shape index (κ2) is 8.48. The molecule has 0 saturated heterocycles. The Hall–Kier alpha value is -0.950. The highest BCUT2D eigenvalue weighted by molar-refractivity contribution is 9.10. The van der Waals surface area contributed by atoms with E-state index in [1.807, 2.05) is 11.4 Å². The van der Waals surface area contributed by atoms with Gasteiger partial charge in [-0.3, -0.25) is 0 Å². The Morgan fingerprint density at radius 1 is 1.33 bits per heavy atom. The van der Waals surface area contributed by atoms with Crippen molar-refractivity contribution in [2.24, 2.45) is 0 Å². The van der Waals surface area contributed by atoms with Crippen molar-refractivity contribution in [3.63, 3.8) is 0 Å². The molecule has 0 unspecified atom stereocenters. The zero-order valence-electron chi connectivity index (χ0n) is 11.7. The molecule has 21 heavy (non-hydrogen) atoms. The molecule has 6 heteroatoms. The zero-order valence-corrected chi connectivity index (χ0v) is 14.1. The Morgan fingerprint density at radius 3 is 2.90 bits per heavy atom. The van der Waals surface area contributed by atoms with Crippen molar-refractivity contribution < 1.29 is 13.9 Å². The van der Waals surface area contributed by atoms with E-state index >= 15 is 0 Å². The molecule has 0 fully saturated rings. The van der Waals surface area contributed by atoms with E-state index in [1.54, 1.807) is 24.5 Å². The van der Waals surface area contributed by atoms with Gasteiger partial charge < -0.3 is 14.8 Å². The standard InChI is InChI=1S/C15H17BrFNO2S/c1-19-6-5-18-9-11-8-12(17)2-3-14(11)20-10-15-13(16)4-7-21-15/h2-4,7-8,18H,5-6,9-10H2,1H3. The van der Waals surface area contributed by atoms with Crippen molar-refractivity contribution in [2.45, 2.75) is 13.2 Å². The molecule has 0 spiro atoms. The molecule has 0 aliphatic rings. The lowest BCUT2D eigenvalue weighted by molar-refractivity contribution is 0.199. The average Bonchev–Trinajstić information content (AvgIpc) is 2.88. The van der Waals surface area contributed by atoms with Crippen molar-refractivity contribution >= 4 is 27.3 Å². The van der Waals surface area contributed by atoms with Crippen LogP contribution in [0.1, 0.15) is 10.4 Å². The summed E-state index contributed by atoms with van der Waals surface area (Å²) in [6.45, 7) is 2.34. The molecule has 2 rings (SSSR count). The Labute approximate surface area is 136 Å². The number of hydrogen-bond donors (Lipinski definition) is 1. The molecule has 1 aromatic heterocycles. The minimum absolute atomic E-state index is 0.261. The topological polar surface area (TPSA) is 30.5 Å². The van der Waals surface area contributed by atoms with Gasteiger partial charge in [-0.15, -0.1) is 11.3 Å². The molecule has 0 saturated carbocycles. The Balaban J connectivity index is 1.99. The second-order valence-electron chi connectivity index (χ2n) is 4.40. The normalized spacial score (nSPS) is 10.8. The van der Waals surface area contributed by atoms with Gasteiger partial charge >= 0.3 is 0 Å². The van der Waals surface area contributed by atoms with Gasteiger partial charge in [-0.25, -0.2) is 4.39 Å². The highest BCUT2D eigenvalue weighted by Gasteiger charge is 2.08. The predicted octanol–water partition coefficient (Wildman–Crippen LogP) is 3.96. The van der Waals surface area contributed by atoms with Crippen molar-refractivity contribution in [2.75, 3.05) is 20.3 Å². The third-order valence-electron chi connectivity index (χ3n) is 2.87. The average molecular weight is 374 g/mol. The SMILES string of the molecule is COCCNCc1cc(F)ccc1OCc1sccc1Br. The smallest absolute Gasteiger partial charge is 0.124 e. The molecule has 0 atom stereocenters. The summed E-state index contributed by atoms with van der Waals surface area (Å²) in [5.74, 6) is 0.435. The first-order chi connectivity index (χ1) is 10.2. The van der Waals surface area contributed by atoms with Crippen LogP contribution in [0.25, 0.3) is 0 Å². The fraction of sp³-hybridized carbons (Fsp3) is 0.333. The van der Waals surface area contributed by atoms with E-state index in [4.69, 9.17) is 9.47 Å². The van der Waals surface area contributed by atoms with Crippen LogP contribution in [0.4, 0.5) is 4.39 Å². The monoisotopic (exact) mass is 373 g/mol. The molecular weight excluding hydrogens is 357 g/mol. The molecule has 1 aromatic carbocycles. The van der Waals surface area contributed by atoms with E-state index in [2.05, 4.69) is 21.2 Å². The molecule has 0 amide bonds. The van der Waals surface area contributed by atoms with Crippen molar-refractivity contribution in [1.82, 2.24) is 5.32 Å². The van der Waals surface area contributed by atoms with E-state index in [-0.39, 0.29) is 5.82 Å². The maximum atomic E-state index is 13.4. The lowest BCUT2D eigenvalue weighted by Crippen LogP contribution is -2.19. The van der Waals surface area contributed by atoms with Crippen molar-refractivity contribution in [3.8, 4) is 5.75 Å². The summed E-state index contributed by atoms with van der Waals surface area (Å²) >= 11 is 5.10. The van der Waals surface area contributed by atoms with Crippen LogP contribution in [0, 0.1) is 5.82 Å². The summed E-state index contributed by atoms with van der Waals surface area (Å²) < 4.78 is 25.2. The van der Waals surface area contributed by atoms with Crippen LogP contribution in [0.2, 0.25) is 0 Å². The third kappa shape index (κ3) is 5.07. The fourth-order valence-electron chi connectivity index (χ4n) is 1.80. The van der Waals surface area contributed by atoms with Gasteiger partial charge in [0.05, 0.1) is 11.5 Å². The van der Waals surface area contributed by atoms with Gasteiger partial charge in [0, 0.05) is 30.2 Å². The number of methoxy groups -OCH3 is 1. The first-order valence-electron chi connectivity index (χ1n) is 6.53. The highest BCUT2D eigenvalue weighted by atomic mass is 79.9. The first-order valence-corrected chi connectivity index (χ1v) is 8.20. The summed E-state index contributed by atoms with van der Waals surface area (Å²) in [4.78, 5) is 1.11. The lowest BCUT2D eigenvalue weighted by atomic mass is 10.2. The van der Waals surface area contributed by atoms with Gasteiger partial charge in [-0.05, 0) is 45.6 Å². The minimum Gasteiger partial charge on any atom is -0.488 e. The quantitative estimate of drug-likeness (QED) is 0.710. The molecule has 0 radical (unpaired) electrons. The van der Waals surface area contributed by atoms with Crippen molar-refractivity contribution in [1.29, 1.82) is 0 Å². The van der Waals surface area contributed by atoms with E-state index in [0.29, 0.717) is 32.1 Å². The largest absolute Gasteiger partial charge is 0.488 e. The summed E-state index contributed by atoms with van der Waals surface area (Å²) in [6.07, 6.45) is 0. The number of benzene rings is 1. The van der Waals surface area contributed by atoms with Gasteiger partial charge in [0.25, 0.3) is 0 Å². The number of rotatable bonds is 8. The maximum Gasteiger partial charge on any atom is 0.124 e. The second-order valence-corrected chi connectivity index (χ2v) is 6.26. The van der Waals surface area contributed by atoms with Gasteiger partial charge in [0.1, 0.15) is 18.2 Å². The van der Waals surface area contributed by atoms with Crippen LogP contribution < -0.4 is 10.1 Å². The maximum absolute atomic E-state index is 13.4. The molecule has 114 valence electrons. The van der Waals surface area contributed by atoms with Crippen molar-refractivity contribution in [3.05, 3.63) is 50.4 Å². The van der Waals surface area contributed by atoms with Crippen LogP contribution in [-0.2, 0) is 17.9 Å². The summed E-state index contributed by atoms with van der Waals surface area (Å²) in [6, 6.07) is 6.57.